The smallest absolute Gasteiger partial charge is 0.339 e. The Balaban J connectivity index is 2.68. The molecule has 1 heterocycles. The lowest BCUT2D eigenvalue weighted by Gasteiger charge is -1.96. The number of cyclic esters (lactones) is 1. The Kier molecular flexibility index (Phi) is 1.54. The van der Waals surface area contributed by atoms with E-state index in [1.807, 2.05) is 0 Å². The molecule has 62 valence electrons. The fraction of sp³-hybridized carbons (Fsp3) is 0.125. The normalized spacial score (nSPS) is 14.3. The highest BCUT2D eigenvalue weighted by Gasteiger charge is 2.24. The summed E-state index contributed by atoms with van der Waals surface area (Å²) < 4.78 is 17.4. The van der Waals surface area contributed by atoms with Crippen LogP contribution in [0.15, 0.2) is 12.1 Å². The highest BCUT2D eigenvalue weighted by atomic mass is 35.5. The molecule has 2 rings (SSSR count). The molecule has 0 saturated heterocycles. The predicted octanol–water partition coefficient (Wildman–Crippen LogP) is 2.15. The van der Waals surface area contributed by atoms with E-state index < -0.39 is 11.8 Å². The quantitative estimate of drug-likeness (QED) is 0.581. The van der Waals surface area contributed by atoms with Crippen molar-refractivity contribution in [2.24, 2.45) is 0 Å². The van der Waals surface area contributed by atoms with Gasteiger partial charge in [-0.05, 0) is 12.1 Å². The minimum Gasteiger partial charge on any atom is -0.457 e. The van der Waals surface area contributed by atoms with Crippen molar-refractivity contribution >= 4 is 17.6 Å². The average molecular weight is 187 g/mol. The number of carbonyl (C=O) groups is 1. The van der Waals surface area contributed by atoms with Crippen molar-refractivity contribution in [3.63, 3.8) is 0 Å². The van der Waals surface area contributed by atoms with E-state index in [0.717, 1.165) is 6.07 Å². The summed E-state index contributed by atoms with van der Waals surface area (Å²) in [6.45, 7) is 0.146. The summed E-state index contributed by atoms with van der Waals surface area (Å²) in [5.41, 5.74) is 0.808. The summed E-state index contributed by atoms with van der Waals surface area (Å²) in [7, 11) is 0. The van der Waals surface area contributed by atoms with Crippen molar-refractivity contribution < 1.29 is 13.9 Å². The molecular weight excluding hydrogens is 183 g/mol. The molecular formula is C8H4ClFO2. The van der Waals surface area contributed by atoms with Gasteiger partial charge in [-0.25, -0.2) is 9.18 Å². The van der Waals surface area contributed by atoms with Crippen molar-refractivity contribution in [3.05, 3.63) is 34.1 Å². The molecule has 1 aromatic carbocycles. The first-order chi connectivity index (χ1) is 5.68. The average Bonchev–Trinajstić information content (AvgIpc) is 2.33. The number of carbonyl (C=O) groups excluding carboxylic acids is 1. The zero-order valence-corrected chi connectivity index (χ0v) is 6.69. The summed E-state index contributed by atoms with van der Waals surface area (Å²) in [6, 6.07) is 2.30. The number of esters is 1. The second kappa shape index (κ2) is 2.45. The third-order valence-corrected chi connectivity index (χ3v) is 2.06. The lowest BCUT2D eigenvalue weighted by atomic mass is 10.1. The van der Waals surface area contributed by atoms with Crippen LogP contribution in [0.25, 0.3) is 0 Å². The van der Waals surface area contributed by atoms with Crippen LogP contribution in [0.4, 0.5) is 4.39 Å². The third kappa shape index (κ3) is 0.975. The van der Waals surface area contributed by atoms with E-state index in [9.17, 15) is 9.18 Å². The van der Waals surface area contributed by atoms with E-state index in [-0.39, 0.29) is 17.2 Å². The predicted molar refractivity (Wildman–Crippen MR) is 40.5 cm³/mol. The van der Waals surface area contributed by atoms with Gasteiger partial charge in [-0.3, -0.25) is 0 Å². The first-order valence-corrected chi connectivity index (χ1v) is 3.71. The Hall–Kier alpha value is -1.09. The van der Waals surface area contributed by atoms with Crippen LogP contribution in [0.5, 0.6) is 0 Å². The van der Waals surface area contributed by atoms with Crippen molar-refractivity contribution in [1.82, 2.24) is 0 Å². The molecule has 0 fully saturated rings. The number of hydrogen-bond acceptors (Lipinski definition) is 2. The number of hydrogen-bond donors (Lipinski definition) is 0. The molecule has 0 N–H and O–H groups in total. The monoisotopic (exact) mass is 186 g/mol. The lowest BCUT2D eigenvalue weighted by Crippen LogP contribution is -1.94. The molecule has 1 aliphatic heterocycles. The molecule has 2 nitrogen and oxygen atoms in total. The molecule has 0 amide bonds. The maximum Gasteiger partial charge on any atom is 0.339 e. The topological polar surface area (TPSA) is 26.3 Å². The van der Waals surface area contributed by atoms with Crippen LogP contribution >= 0.6 is 11.6 Å². The van der Waals surface area contributed by atoms with Crippen LogP contribution in [0.3, 0.4) is 0 Å². The van der Waals surface area contributed by atoms with Gasteiger partial charge in [-0.2, -0.15) is 0 Å². The van der Waals surface area contributed by atoms with Crippen molar-refractivity contribution in [2.45, 2.75) is 6.61 Å². The lowest BCUT2D eigenvalue weighted by molar-refractivity contribution is 0.0535. The Morgan fingerprint density at radius 2 is 2.25 bits per heavy atom. The molecule has 0 bridgehead atoms. The molecule has 12 heavy (non-hydrogen) atoms. The van der Waals surface area contributed by atoms with Gasteiger partial charge in [0.2, 0.25) is 0 Å². The first kappa shape index (κ1) is 7.55. The Labute approximate surface area is 72.9 Å². The summed E-state index contributed by atoms with van der Waals surface area (Å²) in [4.78, 5) is 10.9. The molecule has 0 saturated carbocycles. The second-order valence-corrected chi connectivity index (χ2v) is 2.90. The van der Waals surface area contributed by atoms with E-state index in [1.54, 1.807) is 0 Å². The van der Waals surface area contributed by atoms with Gasteiger partial charge in [-0.1, -0.05) is 11.6 Å². The number of rotatable bonds is 0. The molecule has 0 aliphatic carbocycles. The van der Waals surface area contributed by atoms with Gasteiger partial charge >= 0.3 is 5.97 Å². The zero-order chi connectivity index (χ0) is 8.72. The molecule has 0 atom stereocenters. The van der Waals surface area contributed by atoms with Crippen LogP contribution in [-0.4, -0.2) is 5.97 Å². The minimum absolute atomic E-state index is 0.146. The number of ether oxygens (including phenoxy) is 1. The maximum absolute atomic E-state index is 12.7. The molecule has 0 spiro atoms. The fourth-order valence-corrected chi connectivity index (χ4v) is 1.41. The van der Waals surface area contributed by atoms with Crippen LogP contribution in [0.1, 0.15) is 15.9 Å². The first-order valence-electron chi connectivity index (χ1n) is 3.33. The largest absolute Gasteiger partial charge is 0.457 e. The number of fused-ring (bicyclic) bond motifs is 1. The van der Waals surface area contributed by atoms with Crippen LogP contribution in [-0.2, 0) is 11.3 Å². The van der Waals surface area contributed by atoms with Gasteiger partial charge in [0, 0.05) is 5.56 Å². The number of halogens is 2. The Bertz CT molecular complexity index is 362. The van der Waals surface area contributed by atoms with Crippen molar-refractivity contribution in [1.29, 1.82) is 0 Å². The van der Waals surface area contributed by atoms with Crippen molar-refractivity contribution in [2.75, 3.05) is 0 Å². The van der Waals surface area contributed by atoms with Gasteiger partial charge in [0.1, 0.15) is 12.4 Å². The molecule has 0 aromatic heterocycles. The SMILES string of the molecule is O=C1OCc2c(Cl)cc(F)cc21. The highest BCUT2D eigenvalue weighted by molar-refractivity contribution is 6.32. The van der Waals surface area contributed by atoms with Gasteiger partial charge < -0.3 is 4.74 Å². The minimum atomic E-state index is -0.516. The summed E-state index contributed by atoms with van der Waals surface area (Å²) >= 11 is 5.67. The van der Waals surface area contributed by atoms with Crippen LogP contribution in [0, 0.1) is 5.82 Å². The van der Waals surface area contributed by atoms with Gasteiger partial charge in [-0.15, -0.1) is 0 Å². The van der Waals surface area contributed by atoms with E-state index >= 15 is 0 Å². The van der Waals surface area contributed by atoms with Gasteiger partial charge in [0.15, 0.2) is 0 Å². The zero-order valence-electron chi connectivity index (χ0n) is 5.93. The van der Waals surface area contributed by atoms with E-state index in [4.69, 9.17) is 11.6 Å². The molecule has 0 radical (unpaired) electrons. The standard InChI is InChI=1S/C8H4ClFO2/c9-7-2-4(10)1-5-6(7)3-12-8(5)11/h1-2H,3H2. The summed E-state index contributed by atoms with van der Waals surface area (Å²) in [5, 5.41) is 0.246. The fourth-order valence-electron chi connectivity index (χ4n) is 1.15. The Morgan fingerprint density at radius 1 is 1.50 bits per heavy atom. The van der Waals surface area contributed by atoms with Crippen molar-refractivity contribution in [3.8, 4) is 0 Å². The number of benzene rings is 1. The van der Waals surface area contributed by atoms with E-state index in [1.165, 1.54) is 6.07 Å². The summed E-state index contributed by atoms with van der Waals surface area (Å²) in [6.07, 6.45) is 0. The molecule has 1 aliphatic rings. The van der Waals surface area contributed by atoms with Crippen LogP contribution < -0.4 is 0 Å². The third-order valence-electron chi connectivity index (χ3n) is 1.73. The molecule has 0 unspecified atom stereocenters. The maximum atomic E-state index is 12.7. The second-order valence-electron chi connectivity index (χ2n) is 2.49. The highest BCUT2D eigenvalue weighted by Crippen LogP contribution is 2.28. The Morgan fingerprint density at radius 3 is 3.00 bits per heavy atom. The van der Waals surface area contributed by atoms with Crippen LogP contribution in [0.2, 0.25) is 5.02 Å². The van der Waals surface area contributed by atoms with E-state index in [2.05, 4.69) is 4.74 Å². The van der Waals surface area contributed by atoms with Gasteiger partial charge in [0.05, 0.1) is 10.6 Å². The van der Waals surface area contributed by atoms with E-state index in [0.29, 0.717) is 5.56 Å². The molecule has 1 aromatic rings. The molecule has 4 heteroatoms. The summed E-state index contributed by atoms with van der Waals surface area (Å²) in [5.74, 6) is -1.02. The van der Waals surface area contributed by atoms with Gasteiger partial charge in [0.25, 0.3) is 0 Å².